The van der Waals surface area contributed by atoms with E-state index in [1.165, 1.54) is 6.07 Å². The summed E-state index contributed by atoms with van der Waals surface area (Å²) >= 11 is 0. The molecule has 1 fully saturated rings. The van der Waals surface area contributed by atoms with Crippen LogP contribution < -0.4 is 5.73 Å². The standard InChI is InChI=1S/C13H16FN5O/c1-8-13(2,5-6-20-8)19-12(16-17-18-19)9-3-4-10(14)11(15)7-9/h3-4,7-8H,5-6,15H2,1-2H3. The third-order valence-corrected chi connectivity index (χ3v) is 4.06. The van der Waals surface area contributed by atoms with Crippen molar-refractivity contribution in [3.05, 3.63) is 24.0 Å². The Labute approximate surface area is 115 Å². The van der Waals surface area contributed by atoms with Crippen LogP contribution in [-0.2, 0) is 10.3 Å². The van der Waals surface area contributed by atoms with Crippen molar-refractivity contribution in [2.24, 2.45) is 0 Å². The zero-order chi connectivity index (χ0) is 14.3. The fraction of sp³-hybridized carbons (Fsp3) is 0.462. The minimum atomic E-state index is -0.448. The van der Waals surface area contributed by atoms with Crippen LogP contribution in [0.25, 0.3) is 11.4 Å². The van der Waals surface area contributed by atoms with Crippen molar-refractivity contribution in [2.75, 3.05) is 12.3 Å². The van der Waals surface area contributed by atoms with E-state index in [0.29, 0.717) is 18.0 Å². The normalized spacial score (nSPS) is 26.1. The second-order valence-electron chi connectivity index (χ2n) is 5.27. The second kappa shape index (κ2) is 4.52. The molecule has 1 aliphatic heterocycles. The summed E-state index contributed by atoms with van der Waals surface area (Å²) in [4.78, 5) is 0. The van der Waals surface area contributed by atoms with E-state index in [2.05, 4.69) is 22.4 Å². The van der Waals surface area contributed by atoms with E-state index >= 15 is 0 Å². The highest BCUT2D eigenvalue weighted by atomic mass is 19.1. The van der Waals surface area contributed by atoms with Crippen molar-refractivity contribution in [1.29, 1.82) is 0 Å². The summed E-state index contributed by atoms with van der Waals surface area (Å²) in [7, 11) is 0. The van der Waals surface area contributed by atoms with E-state index in [-0.39, 0.29) is 17.3 Å². The summed E-state index contributed by atoms with van der Waals surface area (Å²) in [6.45, 7) is 4.72. The zero-order valence-corrected chi connectivity index (χ0v) is 11.4. The smallest absolute Gasteiger partial charge is 0.182 e. The first kappa shape index (κ1) is 13.0. The number of nitrogen functional groups attached to an aromatic ring is 1. The van der Waals surface area contributed by atoms with Gasteiger partial charge >= 0.3 is 0 Å². The molecular weight excluding hydrogens is 261 g/mol. The van der Waals surface area contributed by atoms with Crippen LogP contribution >= 0.6 is 0 Å². The summed E-state index contributed by atoms with van der Waals surface area (Å²) in [6, 6.07) is 4.49. The first-order valence-electron chi connectivity index (χ1n) is 6.48. The van der Waals surface area contributed by atoms with Crippen LogP contribution in [0, 0.1) is 5.82 Å². The van der Waals surface area contributed by atoms with Crippen molar-refractivity contribution >= 4 is 5.69 Å². The Bertz CT molecular complexity index is 643. The molecule has 0 amide bonds. The van der Waals surface area contributed by atoms with Crippen molar-refractivity contribution in [2.45, 2.75) is 31.9 Å². The third-order valence-electron chi connectivity index (χ3n) is 4.06. The van der Waals surface area contributed by atoms with Crippen LogP contribution in [0.4, 0.5) is 10.1 Å². The molecule has 3 rings (SSSR count). The molecule has 2 atom stereocenters. The largest absolute Gasteiger partial charge is 0.396 e. The van der Waals surface area contributed by atoms with Gasteiger partial charge in [0.05, 0.1) is 17.3 Å². The molecule has 0 aliphatic carbocycles. The molecule has 2 unspecified atom stereocenters. The number of nitrogens with two attached hydrogens (primary N) is 1. The number of hydrogen-bond acceptors (Lipinski definition) is 5. The number of benzene rings is 1. The highest BCUT2D eigenvalue weighted by Gasteiger charge is 2.41. The van der Waals surface area contributed by atoms with Crippen LogP contribution in [0.1, 0.15) is 20.3 Å². The molecule has 1 aromatic carbocycles. The number of ether oxygens (including phenoxy) is 1. The molecule has 2 heterocycles. The molecule has 7 heteroatoms. The molecule has 6 nitrogen and oxygen atoms in total. The molecule has 1 saturated heterocycles. The predicted octanol–water partition coefficient (Wildman–Crippen LogP) is 1.59. The van der Waals surface area contributed by atoms with Crippen LogP contribution in [0.2, 0.25) is 0 Å². The molecule has 1 aromatic heterocycles. The van der Waals surface area contributed by atoms with Crippen molar-refractivity contribution in [3.63, 3.8) is 0 Å². The quantitative estimate of drug-likeness (QED) is 0.843. The number of hydrogen-bond donors (Lipinski definition) is 1. The van der Waals surface area contributed by atoms with Gasteiger partial charge in [-0.3, -0.25) is 0 Å². The van der Waals surface area contributed by atoms with Gasteiger partial charge in [0.2, 0.25) is 0 Å². The van der Waals surface area contributed by atoms with Crippen molar-refractivity contribution in [1.82, 2.24) is 20.2 Å². The summed E-state index contributed by atoms with van der Waals surface area (Å²) in [5, 5.41) is 11.9. The van der Waals surface area contributed by atoms with Gasteiger partial charge in [0.15, 0.2) is 5.82 Å². The highest BCUT2D eigenvalue weighted by Crippen LogP contribution is 2.35. The van der Waals surface area contributed by atoms with Gasteiger partial charge in [0, 0.05) is 12.2 Å². The van der Waals surface area contributed by atoms with E-state index in [9.17, 15) is 4.39 Å². The Morgan fingerprint density at radius 3 is 2.95 bits per heavy atom. The molecule has 0 spiro atoms. The summed E-state index contributed by atoms with van der Waals surface area (Å²) < 4.78 is 20.6. The SMILES string of the molecule is CC1OCCC1(C)n1nnnc1-c1ccc(F)c(N)c1. The van der Waals surface area contributed by atoms with Crippen LogP contribution in [-0.4, -0.2) is 32.9 Å². The number of nitrogens with zero attached hydrogens (tertiary/aromatic N) is 4. The highest BCUT2D eigenvalue weighted by molar-refractivity contribution is 5.61. The topological polar surface area (TPSA) is 78.8 Å². The molecular formula is C13H16FN5O. The van der Waals surface area contributed by atoms with Gasteiger partial charge in [-0.25, -0.2) is 9.07 Å². The Kier molecular flexibility index (Phi) is 2.93. The van der Waals surface area contributed by atoms with Gasteiger partial charge in [-0.1, -0.05) is 0 Å². The molecule has 106 valence electrons. The number of halogens is 1. The van der Waals surface area contributed by atoms with Crippen molar-refractivity contribution in [3.8, 4) is 11.4 Å². The lowest BCUT2D eigenvalue weighted by molar-refractivity contribution is 0.0706. The van der Waals surface area contributed by atoms with Gasteiger partial charge in [-0.15, -0.1) is 5.10 Å². The first-order valence-corrected chi connectivity index (χ1v) is 6.48. The van der Waals surface area contributed by atoms with Gasteiger partial charge in [-0.2, -0.15) is 0 Å². The Balaban J connectivity index is 2.08. The Morgan fingerprint density at radius 1 is 1.50 bits per heavy atom. The third kappa shape index (κ3) is 1.85. The maximum atomic E-state index is 13.3. The monoisotopic (exact) mass is 277 g/mol. The molecule has 2 aromatic rings. The minimum Gasteiger partial charge on any atom is -0.396 e. The lowest BCUT2D eigenvalue weighted by Crippen LogP contribution is -2.38. The van der Waals surface area contributed by atoms with Gasteiger partial charge in [-0.05, 0) is 48.9 Å². The van der Waals surface area contributed by atoms with Crippen molar-refractivity contribution < 1.29 is 9.13 Å². The predicted molar refractivity (Wildman–Crippen MR) is 71.3 cm³/mol. The van der Waals surface area contributed by atoms with Gasteiger partial charge in [0.1, 0.15) is 5.82 Å². The Morgan fingerprint density at radius 2 is 2.30 bits per heavy atom. The summed E-state index contributed by atoms with van der Waals surface area (Å²) in [6.07, 6.45) is 0.825. The van der Waals surface area contributed by atoms with Gasteiger partial charge < -0.3 is 10.5 Å². The number of aromatic nitrogens is 4. The second-order valence-corrected chi connectivity index (χ2v) is 5.27. The molecule has 0 saturated carbocycles. The summed E-state index contributed by atoms with van der Waals surface area (Å²) in [5.74, 6) is 0.119. The average molecular weight is 277 g/mol. The zero-order valence-electron chi connectivity index (χ0n) is 11.4. The molecule has 0 bridgehead atoms. The molecule has 0 radical (unpaired) electrons. The van der Waals surface area contributed by atoms with Crippen LogP contribution in [0.3, 0.4) is 0 Å². The fourth-order valence-corrected chi connectivity index (χ4v) is 2.50. The van der Waals surface area contributed by atoms with E-state index in [4.69, 9.17) is 10.5 Å². The average Bonchev–Trinajstić information content (AvgIpc) is 3.02. The summed E-state index contributed by atoms with van der Waals surface area (Å²) in [5.41, 5.74) is 6.07. The molecule has 20 heavy (non-hydrogen) atoms. The van der Waals surface area contributed by atoms with E-state index in [0.717, 1.165) is 6.42 Å². The number of anilines is 1. The fourth-order valence-electron chi connectivity index (χ4n) is 2.50. The first-order chi connectivity index (χ1) is 9.52. The Hall–Kier alpha value is -2.02. The van der Waals surface area contributed by atoms with E-state index in [1.807, 2.05) is 6.92 Å². The van der Waals surface area contributed by atoms with E-state index < -0.39 is 5.82 Å². The lowest BCUT2D eigenvalue weighted by Gasteiger charge is -2.28. The maximum absolute atomic E-state index is 13.3. The van der Waals surface area contributed by atoms with Crippen LogP contribution in [0.15, 0.2) is 18.2 Å². The molecule has 1 aliphatic rings. The van der Waals surface area contributed by atoms with Crippen LogP contribution in [0.5, 0.6) is 0 Å². The maximum Gasteiger partial charge on any atom is 0.182 e. The lowest BCUT2D eigenvalue weighted by atomic mass is 9.94. The van der Waals surface area contributed by atoms with E-state index in [1.54, 1.807) is 16.8 Å². The number of tetrazole rings is 1. The molecule has 2 N–H and O–H groups in total. The van der Waals surface area contributed by atoms with Gasteiger partial charge in [0.25, 0.3) is 0 Å². The minimum absolute atomic E-state index is 0.00236. The number of rotatable bonds is 2.